The fourth-order valence-corrected chi connectivity index (χ4v) is 1.55. The van der Waals surface area contributed by atoms with Gasteiger partial charge in [-0.15, -0.1) is 11.6 Å². The number of aldehydes is 1. The van der Waals surface area contributed by atoms with Crippen LogP contribution in [-0.2, 0) is 0 Å². The Morgan fingerprint density at radius 2 is 2.18 bits per heavy atom. The van der Waals surface area contributed by atoms with E-state index in [0.717, 1.165) is 0 Å². The van der Waals surface area contributed by atoms with Crippen molar-refractivity contribution in [2.45, 2.75) is 6.10 Å². The fourth-order valence-electron chi connectivity index (χ4n) is 1.45. The number of hydrogen-bond acceptors (Lipinski definition) is 3. The molecule has 1 atom stereocenters. The van der Waals surface area contributed by atoms with Crippen LogP contribution in [-0.4, -0.2) is 47.8 Å². The molecule has 1 unspecified atom stereocenters. The average molecular weight is 256 g/mol. The van der Waals surface area contributed by atoms with Crippen LogP contribution in [0.25, 0.3) is 0 Å². The van der Waals surface area contributed by atoms with E-state index in [9.17, 15) is 14.7 Å². The first kappa shape index (κ1) is 13.7. The van der Waals surface area contributed by atoms with Crippen LogP contribution >= 0.6 is 11.6 Å². The van der Waals surface area contributed by atoms with Gasteiger partial charge in [-0.1, -0.05) is 18.2 Å². The van der Waals surface area contributed by atoms with Crippen molar-refractivity contribution >= 4 is 23.8 Å². The third kappa shape index (κ3) is 3.54. The second-order valence-corrected chi connectivity index (χ2v) is 4.01. The topological polar surface area (TPSA) is 57.6 Å². The van der Waals surface area contributed by atoms with Crippen LogP contribution in [0.15, 0.2) is 24.3 Å². The van der Waals surface area contributed by atoms with Gasteiger partial charge in [0.1, 0.15) is 0 Å². The van der Waals surface area contributed by atoms with Crippen LogP contribution in [0.4, 0.5) is 0 Å². The van der Waals surface area contributed by atoms with Gasteiger partial charge >= 0.3 is 0 Å². The highest BCUT2D eigenvalue weighted by Gasteiger charge is 2.17. The van der Waals surface area contributed by atoms with Gasteiger partial charge in [0.25, 0.3) is 5.91 Å². The van der Waals surface area contributed by atoms with Crippen molar-refractivity contribution in [2.75, 3.05) is 19.5 Å². The summed E-state index contributed by atoms with van der Waals surface area (Å²) in [7, 11) is 1.56. The van der Waals surface area contributed by atoms with Gasteiger partial charge < -0.3 is 10.0 Å². The predicted molar refractivity (Wildman–Crippen MR) is 65.5 cm³/mol. The van der Waals surface area contributed by atoms with E-state index in [1.165, 1.54) is 4.90 Å². The smallest absolute Gasteiger partial charge is 0.254 e. The zero-order chi connectivity index (χ0) is 12.8. The molecule has 92 valence electrons. The highest BCUT2D eigenvalue weighted by molar-refractivity contribution is 6.18. The standard InChI is InChI=1S/C12H14ClNO3/c1-14(7-10(16)6-13)12(17)11-5-3-2-4-9(11)8-15/h2-5,8,10,16H,6-7H2,1H3. The van der Waals surface area contributed by atoms with Gasteiger partial charge in [-0.05, 0) is 6.07 Å². The van der Waals surface area contributed by atoms with Crippen LogP contribution in [0.3, 0.4) is 0 Å². The number of benzene rings is 1. The van der Waals surface area contributed by atoms with Crippen molar-refractivity contribution in [1.29, 1.82) is 0 Å². The summed E-state index contributed by atoms with van der Waals surface area (Å²) in [6.45, 7) is 0.134. The van der Waals surface area contributed by atoms with Crippen LogP contribution < -0.4 is 0 Å². The third-order valence-electron chi connectivity index (χ3n) is 2.33. The molecule has 0 aliphatic heterocycles. The van der Waals surface area contributed by atoms with Crippen molar-refractivity contribution in [3.05, 3.63) is 35.4 Å². The van der Waals surface area contributed by atoms with E-state index in [-0.39, 0.29) is 18.3 Å². The number of amides is 1. The number of alkyl halides is 1. The lowest BCUT2D eigenvalue weighted by Crippen LogP contribution is -2.35. The summed E-state index contributed by atoms with van der Waals surface area (Å²) in [5, 5.41) is 9.36. The summed E-state index contributed by atoms with van der Waals surface area (Å²) in [5.41, 5.74) is 0.663. The Labute approximate surface area is 105 Å². The zero-order valence-electron chi connectivity index (χ0n) is 9.47. The average Bonchev–Trinajstić information content (AvgIpc) is 2.37. The number of halogens is 1. The molecule has 17 heavy (non-hydrogen) atoms. The van der Waals surface area contributed by atoms with E-state index >= 15 is 0 Å². The maximum atomic E-state index is 12.0. The van der Waals surface area contributed by atoms with E-state index in [1.54, 1.807) is 31.3 Å². The lowest BCUT2D eigenvalue weighted by Gasteiger charge is -2.20. The molecule has 4 nitrogen and oxygen atoms in total. The molecule has 0 aromatic heterocycles. The van der Waals surface area contributed by atoms with E-state index < -0.39 is 6.10 Å². The van der Waals surface area contributed by atoms with Crippen molar-refractivity contribution in [3.8, 4) is 0 Å². The molecule has 0 aliphatic rings. The highest BCUT2D eigenvalue weighted by atomic mass is 35.5. The number of aliphatic hydroxyl groups is 1. The Morgan fingerprint density at radius 1 is 1.53 bits per heavy atom. The normalized spacial score (nSPS) is 11.9. The van der Waals surface area contributed by atoms with Crippen LogP contribution in [0, 0.1) is 0 Å². The molecule has 0 saturated heterocycles. The molecule has 0 aliphatic carbocycles. The Hall–Kier alpha value is -1.39. The molecule has 0 spiro atoms. The Kier molecular flexibility index (Phi) is 5.12. The first-order valence-electron chi connectivity index (χ1n) is 5.13. The summed E-state index contributed by atoms with van der Waals surface area (Å²) in [6, 6.07) is 6.53. The lowest BCUT2D eigenvalue weighted by atomic mass is 10.1. The number of aliphatic hydroxyl groups excluding tert-OH is 1. The van der Waals surface area contributed by atoms with E-state index in [2.05, 4.69) is 0 Å². The number of rotatable bonds is 5. The minimum absolute atomic E-state index is 0.0624. The van der Waals surface area contributed by atoms with Crippen LogP contribution in [0.1, 0.15) is 20.7 Å². The first-order valence-corrected chi connectivity index (χ1v) is 5.67. The largest absolute Gasteiger partial charge is 0.390 e. The number of likely N-dealkylation sites (N-methyl/N-ethyl adjacent to an activating group) is 1. The number of carbonyl (C=O) groups is 2. The Balaban J connectivity index is 2.85. The fraction of sp³-hybridized carbons (Fsp3) is 0.333. The summed E-state index contributed by atoms with van der Waals surface area (Å²) in [5.74, 6) is -0.246. The predicted octanol–water partition coefficient (Wildman–Crippen LogP) is 1.17. The maximum absolute atomic E-state index is 12.0. The minimum atomic E-state index is -0.769. The molecule has 1 N–H and O–H groups in total. The summed E-state index contributed by atoms with van der Waals surface area (Å²) >= 11 is 5.46. The molecular weight excluding hydrogens is 242 g/mol. The number of nitrogens with zero attached hydrogens (tertiary/aromatic N) is 1. The van der Waals surface area contributed by atoms with Gasteiger partial charge in [0.15, 0.2) is 6.29 Å². The molecular formula is C12H14ClNO3. The summed E-state index contributed by atoms with van der Waals surface area (Å²) in [6.07, 6.45) is -0.131. The molecule has 1 aromatic rings. The van der Waals surface area contributed by atoms with E-state index in [1.807, 2.05) is 0 Å². The molecule has 0 fully saturated rings. The summed E-state index contributed by atoms with van der Waals surface area (Å²) < 4.78 is 0. The SMILES string of the molecule is CN(CC(O)CCl)C(=O)c1ccccc1C=O. The Bertz CT molecular complexity index is 408. The molecule has 1 rings (SSSR count). The van der Waals surface area contributed by atoms with Crippen molar-refractivity contribution in [3.63, 3.8) is 0 Å². The molecule has 0 bridgehead atoms. The Morgan fingerprint density at radius 3 is 2.76 bits per heavy atom. The molecule has 0 radical (unpaired) electrons. The molecule has 0 heterocycles. The number of carbonyl (C=O) groups excluding carboxylic acids is 2. The van der Waals surface area contributed by atoms with Gasteiger partial charge in [0.05, 0.1) is 17.5 Å². The van der Waals surface area contributed by atoms with E-state index in [4.69, 9.17) is 11.6 Å². The second kappa shape index (κ2) is 6.37. The van der Waals surface area contributed by atoms with Crippen LogP contribution in [0.2, 0.25) is 0 Å². The van der Waals surface area contributed by atoms with Gasteiger partial charge in [0, 0.05) is 19.2 Å². The number of hydrogen-bond donors (Lipinski definition) is 1. The monoisotopic (exact) mass is 255 g/mol. The zero-order valence-corrected chi connectivity index (χ0v) is 10.2. The minimum Gasteiger partial charge on any atom is -0.390 e. The lowest BCUT2D eigenvalue weighted by molar-refractivity contribution is 0.0705. The third-order valence-corrected chi connectivity index (χ3v) is 2.68. The quantitative estimate of drug-likeness (QED) is 0.635. The van der Waals surface area contributed by atoms with Crippen LogP contribution in [0.5, 0.6) is 0 Å². The second-order valence-electron chi connectivity index (χ2n) is 3.70. The van der Waals surface area contributed by atoms with Gasteiger partial charge in [0.2, 0.25) is 0 Å². The van der Waals surface area contributed by atoms with Crippen molar-refractivity contribution in [1.82, 2.24) is 4.90 Å². The molecule has 1 aromatic carbocycles. The summed E-state index contributed by atoms with van der Waals surface area (Å²) in [4.78, 5) is 24.1. The first-order chi connectivity index (χ1) is 8.10. The van der Waals surface area contributed by atoms with Crippen molar-refractivity contribution < 1.29 is 14.7 Å². The van der Waals surface area contributed by atoms with Crippen molar-refractivity contribution in [2.24, 2.45) is 0 Å². The highest BCUT2D eigenvalue weighted by Crippen LogP contribution is 2.09. The van der Waals surface area contributed by atoms with E-state index in [0.29, 0.717) is 17.4 Å². The molecule has 0 saturated carbocycles. The van der Waals surface area contributed by atoms with Gasteiger partial charge in [-0.3, -0.25) is 9.59 Å². The maximum Gasteiger partial charge on any atom is 0.254 e. The van der Waals surface area contributed by atoms with Gasteiger partial charge in [-0.2, -0.15) is 0 Å². The molecule has 1 amide bonds. The molecule has 5 heteroatoms. The van der Waals surface area contributed by atoms with Gasteiger partial charge in [-0.25, -0.2) is 0 Å².